The van der Waals surface area contributed by atoms with Crippen LogP contribution in [0.3, 0.4) is 0 Å². The van der Waals surface area contributed by atoms with Crippen molar-refractivity contribution in [3.05, 3.63) is 29.7 Å². The molecule has 0 bridgehead atoms. The molecule has 1 aliphatic rings. The highest BCUT2D eigenvalue weighted by Gasteiger charge is 2.41. The van der Waals surface area contributed by atoms with Crippen molar-refractivity contribution in [2.45, 2.75) is 70.2 Å². The van der Waals surface area contributed by atoms with Crippen molar-refractivity contribution >= 4 is 16.9 Å². The third-order valence-electron chi connectivity index (χ3n) is 5.37. The van der Waals surface area contributed by atoms with Gasteiger partial charge in [-0.15, -0.1) is 0 Å². The number of halogens is 4. The van der Waals surface area contributed by atoms with Gasteiger partial charge in [0.2, 0.25) is 0 Å². The van der Waals surface area contributed by atoms with Gasteiger partial charge < -0.3 is 9.47 Å². The van der Waals surface area contributed by atoms with Crippen molar-refractivity contribution in [2.75, 3.05) is 13.2 Å². The lowest BCUT2D eigenvalue weighted by atomic mass is 9.90. The smallest absolute Gasteiger partial charge is 0.395 e. The highest BCUT2D eigenvalue weighted by Crippen LogP contribution is 2.42. The third-order valence-corrected chi connectivity index (χ3v) is 5.37. The monoisotopic (exact) mass is 430 g/mol. The van der Waals surface area contributed by atoms with Crippen LogP contribution in [0.1, 0.15) is 69.6 Å². The van der Waals surface area contributed by atoms with Crippen LogP contribution in [0.15, 0.2) is 18.3 Å². The maximum absolute atomic E-state index is 14.6. The summed E-state index contributed by atoms with van der Waals surface area (Å²) in [6.45, 7) is 2.43. The van der Waals surface area contributed by atoms with Gasteiger partial charge in [0.05, 0.1) is 18.7 Å². The van der Waals surface area contributed by atoms with E-state index in [9.17, 15) is 22.4 Å². The number of fused-ring (bicyclic) bond motifs is 1. The highest BCUT2D eigenvalue weighted by molar-refractivity contribution is 5.83. The number of ether oxygens (including phenoxy) is 2. The van der Waals surface area contributed by atoms with E-state index in [1.807, 2.05) is 0 Å². The maximum Gasteiger partial charge on any atom is 0.395 e. The first-order valence-electron chi connectivity index (χ1n) is 10.3. The minimum atomic E-state index is -4.50. The number of aromatic nitrogens is 2. The fraction of sp³-hybridized carbons (Fsp3) is 0.619. The summed E-state index contributed by atoms with van der Waals surface area (Å²) in [5, 5.41) is 4.32. The summed E-state index contributed by atoms with van der Waals surface area (Å²) in [5.41, 5.74) is 0.0391. The van der Waals surface area contributed by atoms with Crippen molar-refractivity contribution in [3.63, 3.8) is 0 Å². The number of alkyl halides is 3. The maximum atomic E-state index is 14.6. The molecule has 2 atom stereocenters. The molecule has 1 aromatic carbocycles. The molecule has 0 radical (unpaired) electrons. The molecule has 2 aromatic rings. The predicted molar refractivity (Wildman–Crippen MR) is 102 cm³/mol. The lowest BCUT2D eigenvalue weighted by molar-refractivity contribution is -0.152. The van der Waals surface area contributed by atoms with E-state index in [1.165, 1.54) is 16.9 Å². The van der Waals surface area contributed by atoms with Crippen LogP contribution in [0.5, 0.6) is 0 Å². The molecule has 5 nitrogen and oxygen atoms in total. The molecule has 2 heterocycles. The zero-order valence-electron chi connectivity index (χ0n) is 16.9. The van der Waals surface area contributed by atoms with E-state index < -0.39 is 30.1 Å². The molecule has 166 valence electrons. The van der Waals surface area contributed by atoms with Gasteiger partial charge in [-0.2, -0.15) is 18.3 Å². The zero-order chi connectivity index (χ0) is 21.7. The molecule has 0 amide bonds. The van der Waals surface area contributed by atoms with Crippen LogP contribution in [-0.2, 0) is 14.3 Å². The van der Waals surface area contributed by atoms with Crippen molar-refractivity contribution < 1.29 is 31.8 Å². The van der Waals surface area contributed by atoms with Crippen LogP contribution in [0.4, 0.5) is 17.6 Å². The van der Waals surface area contributed by atoms with Crippen LogP contribution in [0, 0.1) is 5.82 Å². The van der Waals surface area contributed by atoms with Gasteiger partial charge in [-0.05, 0) is 50.7 Å². The molecule has 0 spiro atoms. The first-order chi connectivity index (χ1) is 14.3. The number of carbonyl (C=O) groups excluding carboxylic acids is 1. The van der Waals surface area contributed by atoms with E-state index >= 15 is 0 Å². The third kappa shape index (κ3) is 5.11. The molecule has 1 saturated heterocycles. The first-order valence-corrected chi connectivity index (χ1v) is 10.3. The molecule has 2 unspecified atom stereocenters. The molecular formula is C21H26F4N2O3. The molecule has 0 saturated carbocycles. The number of esters is 1. The fourth-order valence-corrected chi connectivity index (χ4v) is 3.93. The SMILES string of the molecule is CCOC(=O)CCCCC(c1ccc(F)c2c1cnn2C1CCCCO1)C(F)(F)F. The summed E-state index contributed by atoms with van der Waals surface area (Å²) in [4.78, 5) is 11.4. The molecule has 0 N–H and O–H groups in total. The molecule has 9 heteroatoms. The number of carbonyl (C=O) groups is 1. The van der Waals surface area contributed by atoms with Crippen molar-refractivity contribution in [2.24, 2.45) is 0 Å². The Hall–Kier alpha value is -2.16. The molecular weight excluding hydrogens is 404 g/mol. The number of rotatable bonds is 8. The Labute approximate surface area is 172 Å². The second kappa shape index (κ2) is 9.76. The van der Waals surface area contributed by atoms with E-state index in [-0.39, 0.29) is 42.3 Å². The van der Waals surface area contributed by atoms with Crippen molar-refractivity contribution in [1.82, 2.24) is 9.78 Å². The van der Waals surface area contributed by atoms with Gasteiger partial charge in [-0.1, -0.05) is 12.5 Å². The molecule has 0 aliphatic carbocycles. The molecule has 1 aromatic heterocycles. The van der Waals surface area contributed by atoms with E-state index in [4.69, 9.17) is 9.47 Å². The summed E-state index contributed by atoms with van der Waals surface area (Å²) >= 11 is 0. The second-order valence-corrected chi connectivity index (χ2v) is 7.45. The van der Waals surface area contributed by atoms with Crippen molar-refractivity contribution in [3.8, 4) is 0 Å². The second-order valence-electron chi connectivity index (χ2n) is 7.45. The summed E-state index contributed by atoms with van der Waals surface area (Å²) < 4.78 is 68.0. The minimum Gasteiger partial charge on any atom is -0.466 e. The largest absolute Gasteiger partial charge is 0.466 e. The topological polar surface area (TPSA) is 53.3 Å². The summed E-state index contributed by atoms with van der Waals surface area (Å²) in [5.74, 6) is -2.81. The summed E-state index contributed by atoms with van der Waals surface area (Å²) in [7, 11) is 0. The summed E-state index contributed by atoms with van der Waals surface area (Å²) in [6, 6.07) is 2.25. The number of hydrogen-bond acceptors (Lipinski definition) is 4. The van der Waals surface area contributed by atoms with Gasteiger partial charge >= 0.3 is 12.1 Å². The molecule has 1 aliphatic heterocycles. The standard InChI is InChI=1S/C21H26F4N2O3/c1-2-29-19(28)9-4-3-7-16(21(23,24)25)14-10-11-17(22)20-15(14)13-26-27(20)18-8-5-6-12-30-18/h10-11,13,16,18H,2-9,12H2,1H3. The summed E-state index contributed by atoms with van der Waals surface area (Å²) in [6.07, 6.45) is -0.895. The van der Waals surface area contributed by atoms with Crippen LogP contribution in [0.25, 0.3) is 10.9 Å². The Balaban J connectivity index is 1.85. The number of benzene rings is 1. The van der Waals surface area contributed by atoms with E-state index in [0.717, 1.165) is 18.9 Å². The molecule has 1 fully saturated rings. The van der Waals surface area contributed by atoms with E-state index in [2.05, 4.69) is 5.10 Å². The lowest BCUT2D eigenvalue weighted by Gasteiger charge is -2.24. The first kappa shape index (κ1) is 22.5. The van der Waals surface area contributed by atoms with E-state index in [1.54, 1.807) is 6.92 Å². The average Bonchev–Trinajstić information content (AvgIpc) is 3.15. The van der Waals surface area contributed by atoms with Gasteiger partial charge in [0, 0.05) is 18.4 Å². The normalized spacial score (nSPS) is 18.5. The Morgan fingerprint density at radius 1 is 1.33 bits per heavy atom. The van der Waals surface area contributed by atoms with Crippen LogP contribution in [0.2, 0.25) is 0 Å². The Bertz CT molecular complexity index is 860. The lowest BCUT2D eigenvalue weighted by Crippen LogP contribution is -2.22. The van der Waals surface area contributed by atoms with Gasteiger partial charge in [-0.25, -0.2) is 9.07 Å². The number of unbranched alkanes of at least 4 members (excludes halogenated alkanes) is 1. The molecule has 3 rings (SSSR count). The Morgan fingerprint density at radius 3 is 2.80 bits per heavy atom. The van der Waals surface area contributed by atoms with Crippen LogP contribution in [-0.4, -0.2) is 35.1 Å². The van der Waals surface area contributed by atoms with E-state index in [0.29, 0.717) is 19.4 Å². The number of nitrogens with zero attached hydrogens (tertiary/aromatic N) is 2. The van der Waals surface area contributed by atoms with Gasteiger partial charge in [0.25, 0.3) is 0 Å². The average molecular weight is 430 g/mol. The van der Waals surface area contributed by atoms with Gasteiger partial charge in [0.15, 0.2) is 6.23 Å². The predicted octanol–water partition coefficient (Wildman–Crippen LogP) is 5.64. The van der Waals surface area contributed by atoms with Gasteiger partial charge in [-0.3, -0.25) is 4.79 Å². The Kier molecular flexibility index (Phi) is 7.33. The van der Waals surface area contributed by atoms with Crippen molar-refractivity contribution in [1.29, 1.82) is 0 Å². The molecule has 30 heavy (non-hydrogen) atoms. The zero-order valence-corrected chi connectivity index (χ0v) is 16.9. The minimum absolute atomic E-state index is 0.00269. The Morgan fingerprint density at radius 2 is 2.13 bits per heavy atom. The van der Waals surface area contributed by atoms with Crippen LogP contribution >= 0.6 is 0 Å². The highest BCUT2D eigenvalue weighted by atomic mass is 19.4. The quantitative estimate of drug-likeness (QED) is 0.309. The van der Waals surface area contributed by atoms with Crippen LogP contribution < -0.4 is 0 Å². The number of hydrogen-bond donors (Lipinski definition) is 0. The fourth-order valence-electron chi connectivity index (χ4n) is 3.93. The van der Waals surface area contributed by atoms with Gasteiger partial charge in [0.1, 0.15) is 11.3 Å².